The Morgan fingerprint density at radius 3 is 1.15 bits per heavy atom. The van der Waals surface area contributed by atoms with Gasteiger partial charge in [-0.1, -0.05) is 157 Å². The Morgan fingerprint density at radius 2 is 0.816 bits per heavy atom. The van der Waals surface area contributed by atoms with Crippen molar-refractivity contribution in [2.75, 3.05) is 216 Å². The minimum absolute atomic E-state index is 0. The van der Waals surface area contributed by atoms with Crippen LogP contribution in [0.15, 0.2) is 70.6 Å². The zero-order valence-corrected chi connectivity index (χ0v) is 63.8. The number of fused-ring (bicyclic) bond motifs is 12. The van der Waals surface area contributed by atoms with E-state index in [9.17, 15) is 0 Å². The molecule has 0 spiro atoms. The summed E-state index contributed by atoms with van der Waals surface area (Å²) in [6.07, 6.45) is 14.4. The molecule has 14 rings (SSSR count). The number of quaternary nitrogens is 3. The van der Waals surface area contributed by atoms with Crippen molar-refractivity contribution in [3.05, 3.63) is 71.8 Å². The number of halogens is 6. The number of nitrogens with zero attached hydrogens (tertiary/aromatic N) is 12. The van der Waals surface area contributed by atoms with Crippen LogP contribution in [0.4, 0.5) is 0 Å². The number of aliphatic imine (C=N–C) groups is 2. The molecule has 12 heterocycles. The van der Waals surface area contributed by atoms with Gasteiger partial charge in [-0.2, -0.15) is 10.3 Å². The fourth-order valence-electron chi connectivity index (χ4n) is 12.4. The van der Waals surface area contributed by atoms with Crippen molar-refractivity contribution in [3.8, 4) is 6.19 Å². The van der Waals surface area contributed by atoms with Crippen molar-refractivity contribution >= 4 is 85.7 Å². The largest absolute Gasteiger partial charge is 1.00 e. The molecule has 12 saturated heterocycles. The molecule has 0 aliphatic carbocycles. The van der Waals surface area contributed by atoms with Crippen LogP contribution in [-0.2, 0) is 12.8 Å². The molecule has 10 N–H and O–H groups in total. The molecule has 0 amide bonds. The molecule has 2 aromatic rings. The number of hydrogen-bond acceptors (Lipinski definition) is 9. The summed E-state index contributed by atoms with van der Waals surface area (Å²) in [4.78, 5) is 21.8. The lowest BCUT2D eigenvalue weighted by Crippen LogP contribution is -3.00. The van der Waals surface area contributed by atoms with Crippen molar-refractivity contribution in [3.63, 3.8) is 0 Å². The number of hydrogen-bond donors (Lipinski definition) is 6. The van der Waals surface area contributed by atoms with E-state index in [1.54, 1.807) is 0 Å². The van der Waals surface area contributed by atoms with Gasteiger partial charge < -0.3 is 119 Å². The van der Waals surface area contributed by atoms with Crippen molar-refractivity contribution in [2.45, 2.75) is 86.5 Å². The quantitative estimate of drug-likeness (QED) is 0.0132. The maximum Gasteiger partial charge on any atom is 0.221 e. The average molecular weight is 1890 g/mol. The summed E-state index contributed by atoms with van der Waals surface area (Å²) in [5, 5.41) is 19.5. The molecular formula is C63H120I6N18. The van der Waals surface area contributed by atoms with Crippen molar-refractivity contribution < 1.29 is 85.4 Å². The molecule has 0 radical (unpaired) electrons. The molecule has 12 aliphatic rings. The number of alkyl halides is 3. The second-order valence-corrected chi connectivity index (χ2v) is 26.8. The maximum absolute atomic E-state index is 8.23. The Balaban J connectivity index is 0. The van der Waals surface area contributed by atoms with Gasteiger partial charge in [0.05, 0.1) is 78.5 Å². The van der Waals surface area contributed by atoms with E-state index < -0.39 is 0 Å². The zero-order valence-electron chi connectivity index (χ0n) is 50.8. The summed E-state index contributed by atoms with van der Waals surface area (Å²) in [5.41, 5.74) is 23.1. The van der Waals surface area contributed by atoms with Crippen LogP contribution in [0.25, 0.3) is 0 Å². The Labute approximate surface area is 623 Å². The fourth-order valence-corrected chi connectivity index (χ4v) is 14.0. The molecule has 504 valence electrons. The first-order valence-electron chi connectivity index (χ1n) is 31.0. The summed E-state index contributed by atoms with van der Waals surface area (Å²) in [6.45, 7) is 39.9. The first kappa shape index (κ1) is 89.0. The Morgan fingerprint density at radius 1 is 0.471 bits per heavy atom. The third kappa shape index (κ3) is 36.4. The second-order valence-electron chi connectivity index (χ2n) is 23.5. The van der Waals surface area contributed by atoms with Crippen LogP contribution < -0.4 is 100 Å². The Kier molecular flexibility index (Phi) is 53.5. The first-order chi connectivity index (χ1) is 39.4. The summed E-state index contributed by atoms with van der Waals surface area (Å²) in [5.74, 6) is -0.0735. The molecule has 87 heavy (non-hydrogen) atoms. The fraction of sp³-hybridized carbons (Fsp3) is 0.746. The molecule has 0 atom stereocenters. The van der Waals surface area contributed by atoms with Crippen LogP contribution in [0, 0.1) is 16.9 Å². The third-order valence-corrected chi connectivity index (χ3v) is 20.2. The van der Waals surface area contributed by atoms with Crippen LogP contribution >= 0.6 is 67.8 Å². The van der Waals surface area contributed by atoms with E-state index >= 15 is 0 Å². The van der Waals surface area contributed by atoms with Gasteiger partial charge >= 0.3 is 0 Å². The van der Waals surface area contributed by atoms with Crippen LogP contribution in [0.3, 0.4) is 0 Å². The number of piperazine rings is 12. The van der Waals surface area contributed by atoms with Crippen LogP contribution in [0.2, 0.25) is 0 Å². The van der Waals surface area contributed by atoms with Crippen LogP contribution in [-0.4, -0.2) is 277 Å². The first-order valence-corrected chi connectivity index (χ1v) is 35.5. The Bertz CT molecular complexity index is 2000. The zero-order chi connectivity index (χ0) is 57.9. The summed E-state index contributed by atoms with van der Waals surface area (Å²) in [7, 11) is 0. The minimum atomic E-state index is -0.197. The lowest BCUT2D eigenvalue weighted by atomic mass is 10.1. The lowest BCUT2D eigenvalue weighted by Gasteiger charge is -2.50. The molecule has 24 heteroatoms. The maximum atomic E-state index is 8.23. The third-order valence-electron chi connectivity index (χ3n) is 18.0. The molecule has 12 fully saturated rings. The van der Waals surface area contributed by atoms with E-state index in [2.05, 4.69) is 150 Å². The van der Waals surface area contributed by atoms with E-state index in [1.807, 2.05) is 23.1 Å². The highest BCUT2D eigenvalue weighted by molar-refractivity contribution is 14.1. The molecule has 0 saturated carbocycles. The highest BCUT2D eigenvalue weighted by Crippen LogP contribution is 2.23. The van der Waals surface area contributed by atoms with Crippen molar-refractivity contribution in [1.82, 2.24) is 34.7 Å². The number of benzene rings is 2. The number of unbranched alkanes of at least 4 members (excludes halogenated alkanes) is 4. The van der Waals surface area contributed by atoms with E-state index in [4.69, 9.17) is 33.6 Å². The van der Waals surface area contributed by atoms with Gasteiger partial charge in [-0.25, -0.2) is 0 Å². The minimum Gasteiger partial charge on any atom is -1.00 e. The molecule has 18 nitrogen and oxygen atoms in total. The smallest absolute Gasteiger partial charge is 0.221 e. The predicted octanol–water partition coefficient (Wildman–Crippen LogP) is -2.33. The summed E-state index contributed by atoms with van der Waals surface area (Å²) in [6, 6.07) is 21.1. The number of rotatable bonds is 23. The summed E-state index contributed by atoms with van der Waals surface area (Å²) < 4.78 is 8.10. The van der Waals surface area contributed by atoms with Gasteiger partial charge in [-0.15, -0.1) is 4.99 Å². The molecule has 8 bridgehead atoms. The predicted molar refractivity (Wildman–Crippen MR) is 385 cm³/mol. The topological polar surface area (TPSA) is 208 Å². The van der Waals surface area contributed by atoms with Gasteiger partial charge in [0.25, 0.3) is 0 Å². The highest BCUT2D eigenvalue weighted by Gasteiger charge is 2.40. The van der Waals surface area contributed by atoms with Crippen molar-refractivity contribution in [2.24, 2.45) is 32.9 Å². The number of nitrogens with two attached hydrogens (primary N) is 4. The lowest BCUT2D eigenvalue weighted by molar-refractivity contribution is -0.941. The average Bonchev–Trinajstić information content (AvgIpc) is 1.80. The number of nitriles is 1. The molecule has 12 aliphatic heterocycles. The highest BCUT2D eigenvalue weighted by atomic mass is 127. The molecule has 0 aromatic heterocycles. The van der Waals surface area contributed by atoms with Crippen LogP contribution in [0.5, 0.6) is 0 Å². The van der Waals surface area contributed by atoms with Crippen molar-refractivity contribution in [1.29, 1.82) is 10.7 Å². The van der Waals surface area contributed by atoms with Gasteiger partial charge in [0.1, 0.15) is 0 Å². The SMILES string of the molecule is C.C.C.C1CN2CCN1CC2.ICCCCCI.ICCCCC[N+]12CCN(CC1)CC2.N#CN=C(N)N.N=C(N=C(N)N)N(CCC[N+]12CCN(CC1)CC2)CCc1ccccc1.[I-].[I-].[I-].c1ccc(CCNCCC[N+]23CCN(CC2)CC3)cc1. The molecule has 2 aromatic carbocycles. The van der Waals surface area contributed by atoms with Crippen LogP contribution in [0.1, 0.15) is 84.8 Å². The monoisotopic (exact) mass is 1890 g/mol. The van der Waals surface area contributed by atoms with Gasteiger partial charge in [0.2, 0.25) is 18.1 Å². The summed E-state index contributed by atoms with van der Waals surface area (Å²) >= 11 is 7.34. The standard InChI is InChI=1S/C19H32N7.C17H28N3.C11H22IN2.C6H12N2.C5H10I2.C2H4N4.3CH4.3HI/c20-18(21)23-19(22)25(9-7-17-5-2-1-3-6-17)8-4-13-26-14-10-24(11-15-26)12-16-26;1-2-5-17(6-3-1)7-9-18-8-4-13-20-14-10-19(11-15-20)12-16-20;12-4-2-1-3-8-14-9-5-13(6-10-14)7-11-14;1-2-8-5-3-7(1)4-6-8;6-4-2-1-3-5-7;3-1-6-2(4)5;;;;;;/h1-3,5-6H,4,7-16H2,(H5,20,21,22,23);1-3,5-6,18H,4,7-16H2;1-11H2;1-6H2;1-5H2;(H4,4,5,6);3*1H4;3*1H/q3*+1;;;;;;;;;/p-3. The number of guanidine groups is 3. The molecule has 0 unspecified atom stereocenters. The number of nitrogens with one attached hydrogen (secondary N) is 2. The Hall–Kier alpha value is -0.0400. The van der Waals surface area contributed by atoms with Gasteiger partial charge in [-0.05, 0) is 75.9 Å². The van der Waals surface area contributed by atoms with Gasteiger partial charge in [0, 0.05) is 131 Å². The van der Waals surface area contributed by atoms with E-state index in [0.29, 0.717) is 0 Å². The molecular weight excluding hydrogens is 1770 g/mol. The van der Waals surface area contributed by atoms with E-state index in [0.717, 1.165) is 38.9 Å². The van der Waals surface area contributed by atoms with Gasteiger partial charge in [0.15, 0.2) is 5.96 Å². The van der Waals surface area contributed by atoms with Gasteiger partial charge in [-0.3, -0.25) is 29.9 Å². The second kappa shape index (κ2) is 52.3. The van der Waals surface area contributed by atoms with E-state index in [-0.39, 0.29) is 112 Å². The normalized spacial score (nSPS) is 25.0. The van der Waals surface area contributed by atoms with E-state index in [1.165, 1.54) is 272 Å².